The number of benzene rings is 2. The highest BCUT2D eigenvalue weighted by Crippen LogP contribution is 2.29. The number of allylic oxidation sites excluding steroid dienone is 1. The zero-order chi connectivity index (χ0) is 16.1. The zero-order valence-corrected chi connectivity index (χ0v) is 13.2. The number of nitrogens with one attached hydrogen (secondary N) is 2. The van der Waals surface area contributed by atoms with E-state index in [1.54, 1.807) is 18.2 Å². The summed E-state index contributed by atoms with van der Waals surface area (Å²) in [5.74, 6) is 0.202. The van der Waals surface area contributed by atoms with E-state index in [1.807, 2.05) is 37.3 Å². The Balaban J connectivity index is 2.28. The number of aromatic hydroxyl groups is 1. The second-order valence-corrected chi connectivity index (χ2v) is 5.61. The molecular formula is C18H19ClN2O. The summed E-state index contributed by atoms with van der Waals surface area (Å²) in [6, 6.07) is 14.2. The van der Waals surface area contributed by atoms with Gasteiger partial charge in [-0.05, 0) is 19.1 Å². The van der Waals surface area contributed by atoms with Crippen molar-refractivity contribution in [1.29, 1.82) is 5.41 Å². The van der Waals surface area contributed by atoms with E-state index in [1.165, 1.54) is 0 Å². The maximum atomic E-state index is 10.1. The van der Waals surface area contributed by atoms with Crippen molar-refractivity contribution in [2.45, 2.75) is 19.4 Å². The minimum Gasteiger partial charge on any atom is -0.508 e. The predicted molar refractivity (Wildman–Crippen MR) is 91.7 cm³/mol. The summed E-state index contributed by atoms with van der Waals surface area (Å²) in [6.07, 6.45) is 0.397. The van der Waals surface area contributed by atoms with E-state index in [2.05, 4.69) is 11.9 Å². The van der Waals surface area contributed by atoms with Crippen LogP contribution in [0.1, 0.15) is 30.5 Å². The van der Waals surface area contributed by atoms with Crippen molar-refractivity contribution in [2.24, 2.45) is 0 Å². The van der Waals surface area contributed by atoms with E-state index < -0.39 is 0 Å². The SMILES string of the molecule is C=C(C)NC(CC(=N)c1ccccc1Cl)c1ccccc1O. The molecule has 0 saturated heterocycles. The molecule has 4 heteroatoms. The lowest BCUT2D eigenvalue weighted by molar-refractivity contribution is 0.455. The van der Waals surface area contributed by atoms with Gasteiger partial charge in [-0.2, -0.15) is 0 Å². The van der Waals surface area contributed by atoms with Gasteiger partial charge in [0.15, 0.2) is 0 Å². The summed E-state index contributed by atoms with van der Waals surface area (Å²) in [7, 11) is 0. The van der Waals surface area contributed by atoms with Crippen molar-refractivity contribution in [3.05, 3.63) is 77.0 Å². The van der Waals surface area contributed by atoms with Crippen molar-refractivity contribution < 1.29 is 5.11 Å². The first-order chi connectivity index (χ1) is 10.5. The van der Waals surface area contributed by atoms with Crippen molar-refractivity contribution >= 4 is 17.3 Å². The standard InChI is InChI=1S/C18H19ClN2O/c1-12(2)21-17(14-8-4-6-10-18(14)22)11-16(20)13-7-3-5-9-15(13)19/h3-10,17,20-22H,1,11H2,2H3. The van der Waals surface area contributed by atoms with Crippen LogP contribution in [-0.4, -0.2) is 10.8 Å². The summed E-state index contributed by atoms with van der Waals surface area (Å²) in [4.78, 5) is 0. The summed E-state index contributed by atoms with van der Waals surface area (Å²) in [5, 5.41) is 22.2. The summed E-state index contributed by atoms with van der Waals surface area (Å²) in [6.45, 7) is 5.71. The van der Waals surface area contributed by atoms with E-state index in [4.69, 9.17) is 17.0 Å². The molecule has 1 atom stereocenters. The van der Waals surface area contributed by atoms with Crippen LogP contribution in [0.3, 0.4) is 0 Å². The molecule has 0 heterocycles. The number of phenols is 1. The molecule has 22 heavy (non-hydrogen) atoms. The fourth-order valence-electron chi connectivity index (χ4n) is 2.34. The lowest BCUT2D eigenvalue weighted by Crippen LogP contribution is -2.22. The van der Waals surface area contributed by atoms with Gasteiger partial charge in [-0.1, -0.05) is 54.6 Å². The van der Waals surface area contributed by atoms with E-state index in [0.717, 1.165) is 11.3 Å². The van der Waals surface area contributed by atoms with E-state index in [0.29, 0.717) is 22.7 Å². The molecule has 3 nitrogen and oxygen atoms in total. The van der Waals surface area contributed by atoms with Crippen molar-refractivity contribution in [3.63, 3.8) is 0 Å². The molecule has 0 aliphatic heterocycles. The average Bonchev–Trinajstić information content (AvgIpc) is 2.47. The highest BCUT2D eigenvalue weighted by molar-refractivity contribution is 6.34. The van der Waals surface area contributed by atoms with Crippen LogP contribution < -0.4 is 5.32 Å². The Hall–Kier alpha value is -2.26. The smallest absolute Gasteiger partial charge is 0.120 e. The molecule has 3 N–H and O–H groups in total. The molecular weight excluding hydrogens is 296 g/mol. The number of rotatable bonds is 6. The molecule has 0 amide bonds. The zero-order valence-electron chi connectivity index (χ0n) is 12.4. The highest BCUT2D eigenvalue weighted by atomic mass is 35.5. The van der Waals surface area contributed by atoms with Crippen LogP contribution in [-0.2, 0) is 0 Å². The Labute approximate surface area is 135 Å². The topological polar surface area (TPSA) is 56.1 Å². The third-order valence-corrected chi connectivity index (χ3v) is 3.67. The minimum atomic E-state index is -0.234. The first kappa shape index (κ1) is 16.1. The fourth-order valence-corrected chi connectivity index (χ4v) is 2.59. The van der Waals surface area contributed by atoms with Gasteiger partial charge in [0.05, 0.1) is 6.04 Å². The molecule has 2 aromatic carbocycles. The minimum absolute atomic E-state index is 0.202. The quantitative estimate of drug-likeness (QED) is 0.679. The van der Waals surface area contributed by atoms with Crippen molar-refractivity contribution in [1.82, 2.24) is 5.32 Å². The number of para-hydroxylation sites is 1. The summed E-state index contributed by atoms with van der Waals surface area (Å²) in [5.41, 5.74) is 2.63. The van der Waals surface area contributed by atoms with Crippen LogP contribution in [0.15, 0.2) is 60.8 Å². The molecule has 0 aromatic heterocycles. The van der Waals surface area contributed by atoms with Gasteiger partial charge >= 0.3 is 0 Å². The Morgan fingerprint density at radius 3 is 2.50 bits per heavy atom. The van der Waals surface area contributed by atoms with Gasteiger partial charge in [-0.3, -0.25) is 0 Å². The average molecular weight is 315 g/mol. The van der Waals surface area contributed by atoms with Crippen LogP contribution in [0.25, 0.3) is 0 Å². The van der Waals surface area contributed by atoms with E-state index >= 15 is 0 Å². The first-order valence-corrected chi connectivity index (χ1v) is 7.39. The third-order valence-electron chi connectivity index (χ3n) is 3.34. The van der Waals surface area contributed by atoms with Crippen LogP contribution in [0.5, 0.6) is 5.75 Å². The highest BCUT2D eigenvalue weighted by Gasteiger charge is 2.18. The number of hydrogen-bond donors (Lipinski definition) is 3. The number of halogens is 1. The van der Waals surface area contributed by atoms with E-state index in [-0.39, 0.29) is 11.8 Å². The van der Waals surface area contributed by atoms with Crippen molar-refractivity contribution in [2.75, 3.05) is 0 Å². The lowest BCUT2D eigenvalue weighted by atomic mass is 9.96. The molecule has 0 spiro atoms. The Kier molecular flexibility index (Phi) is 5.23. The Morgan fingerprint density at radius 2 is 1.86 bits per heavy atom. The van der Waals surface area contributed by atoms with E-state index in [9.17, 15) is 5.11 Å². The summed E-state index contributed by atoms with van der Waals surface area (Å²) >= 11 is 6.16. The molecule has 0 fully saturated rings. The Morgan fingerprint density at radius 1 is 1.23 bits per heavy atom. The molecule has 2 aromatic rings. The Bertz CT molecular complexity index is 697. The molecule has 0 aliphatic rings. The molecule has 0 saturated carbocycles. The molecule has 2 rings (SSSR count). The van der Waals surface area contributed by atoms with Gasteiger partial charge in [0.1, 0.15) is 5.75 Å². The van der Waals surface area contributed by atoms with Gasteiger partial charge < -0.3 is 15.8 Å². The third kappa shape index (κ3) is 3.89. The van der Waals surface area contributed by atoms with Gasteiger partial charge in [0, 0.05) is 34.0 Å². The molecule has 1 unspecified atom stereocenters. The number of phenolic OH excluding ortho intramolecular Hbond substituents is 1. The molecule has 114 valence electrons. The second kappa shape index (κ2) is 7.14. The largest absolute Gasteiger partial charge is 0.508 e. The molecule has 0 aliphatic carbocycles. The van der Waals surface area contributed by atoms with Gasteiger partial charge in [-0.15, -0.1) is 0 Å². The lowest BCUT2D eigenvalue weighted by Gasteiger charge is -2.22. The molecule has 0 radical (unpaired) electrons. The van der Waals surface area contributed by atoms with Gasteiger partial charge in [-0.25, -0.2) is 0 Å². The maximum absolute atomic E-state index is 10.1. The summed E-state index contributed by atoms with van der Waals surface area (Å²) < 4.78 is 0. The van der Waals surface area contributed by atoms with Gasteiger partial charge in [0.25, 0.3) is 0 Å². The van der Waals surface area contributed by atoms with Crippen LogP contribution in [0, 0.1) is 5.41 Å². The normalized spacial score (nSPS) is 11.7. The monoisotopic (exact) mass is 314 g/mol. The van der Waals surface area contributed by atoms with Crippen LogP contribution in [0.2, 0.25) is 5.02 Å². The second-order valence-electron chi connectivity index (χ2n) is 5.20. The van der Waals surface area contributed by atoms with Gasteiger partial charge in [0.2, 0.25) is 0 Å². The maximum Gasteiger partial charge on any atom is 0.120 e. The van der Waals surface area contributed by atoms with Crippen LogP contribution in [0.4, 0.5) is 0 Å². The predicted octanol–water partition coefficient (Wildman–Crippen LogP) is 4.67. The van der Waals surface area contributed by atoms with Crippen LogP contribution >= 0.6 is 11.6 Å². The number of hydrogen-bond acceptors (Lipinski definition) is 3. The molecule has 0 bridgehead atoms. The fraction of sp³-hybridized carbons (Fsp3) is 0.167. The van der Waals surface area contributed by atoms with Crippen molar-refractivity contribution in [3.8, 4) is 5.75 Å². The first-order valence-electron chi connectivity index (χ1n) is 7.01.